The number of hydrogen-bond donors (Lipinski definition) is 2. The zero-order valence-corrected chi connectivity index (χ0v) is 18.5. The number of aromatic amines is 1. The van der Waals surface area contributed by atoms with Gasteiger partial charge in [-0.2, -0.15) is 15.5 Å². The van der Waals surface area contributed by atoms with Crippen molar-refractivity contribution in [2.75, 3.05) is 23.3 Å². The lowest BCUT2D eigenvalue weighted by molar-refractivity contribution is -0.114. The molecule has 2 aromatic carbocycles. The predicted octanol–water partition coefficient (Wildman–Crippen LogP) is 5.30. The maximum absolute atomic E-state index is 12.4. The fourth-order valence-electron chi connectivity index (χ4n) is 3.42. The van der Waals surface area contributed by atoms with Gasteiger partial charge >= 0.3 is 0 Å². The third-order valence-electron chi connectivity index (χ3n) is 5.23. The summed E-state index contributed by atoms with van der Waals surface area (Å²) >= 11 is 0. The number of H-pyrrole nitrogens is 1. The van der Waals surface area contributed by atoms with Crippen molar-refractivity contribution in [2.24, 2.45) is 10.2 Å². The number of aromatic nitrogens is 2. The van der Waals surface area contributed by atoms with Crippen LogP contribution in [0, 0.1) is 11.3 Å². The van der Waals surface area contributed by atoms with Crippen LogP contribution in [-0.2, 0) is 4.79 Å². The Kier molecular flexibility index (Phi) is 7.70. The second-order valence-electron chi connectivity index (χ2n) is 7.32. The van der Waals surface area contributed by atoms with E-state index in [1.54, 1.807) is 0 Å². The third kappa shape index (κ3) is 5.38. The first kappa shape index (κ1) is 22.7. The maximum Gasteiger partial charge on any atom is 0.247 e. The highest BCUT2D eigenvalue weighted by atomic mass is 16.1. The Morgan fingerprint density at radius 1 is 1.22 bits per heavy atom. The smallest absolute Gasteiger partial charge is 0.247 e. The molecule has 2 N–H and O–H groups in total. The molecule has 1 aromatic heterocycles. The van der Waals surface area contributed by atoms with Gasteiger partial charge in [-0.25, -0.2) is 0 Å². The molecule has 0 aliphatic rings. The average molecular weight is 430 g/mol. The van der Waals surface area contributed by atoms with E-state index < -0.39 is 0 Å². The molecule has 3 rings (SSSR count). The molecule has 0 aliphatic carbocycles. The predicted molar refractivity (Wildman–Crippen MR) is 126 cm³/mol. The largest absolute Gasteiger partial charge is 0.369 e. The monoisotopic (exact) mass is 429 g/mol. The van der Waals surface area contributed by atoms with E-state index in [1.807, 2.05) is 54.6 Å². The molecule has 8 heteroatoms. The summed E-state index contributed by atoms with van der Waals surface area (Å²) in [5.41, 5.74) is 3.45. The molecule has 0 saturated heterocycles. The van der Waals surface area contributed by atoms with Gasteiger partial charge in [-0.1, -0.05) is 43.3 Å². The van der Waals surface area contributed by atoms with Crippen LogP contribution in [-0.4, -0.2) is 35.2 Å². The Bertz CT molecular complexity index is 1110. The molecule has 3 aromatic rings. The van der Waals surface area contributed by atoms with Crippen molar-refractivity contribution < 1.29 is 4.79 Å². The van der Waals surface area contributed by atoms with E-state index in [-0.39, 0.29) is 23.8 Å². The zero-order chi connectivity index (χ0) is 22.9. The molecule has 0 spiro atoms. The number of anilines is 2. The van der Waals surface area contributed by atoms with Gasteiger partial charge in [-0.05, 0) is 38.5 Å². The summed E-state index contributed by atoms with van der Waals surface area (Å²) < 4.78 is 0. The molecule has 32 heavy (non-hydrogen) atoms. The van der Waals surface area contributed by atoms with Crippen molar-refractivity contribution in [3.8, 4) is 17.3 Å². The van der Waals surface area contributed by atoms with E-state index in [2.05, 4.69) is 57.5 Å². The Labute approximate surface area is 188 Å². The lowest BCUT2D eigenvalue weighted by Crippen LogP contribution is -2.32. The first-order chi connectivity index (χ1) is 15.6. The Morgan fingerprint density at radius 3 is 2.69 bits per heavy atom. The number of nitriles is 1. The van der Waals surface area contributed by atoms with E-state index >= 15 is 0 Å². The first-order valence-electron chi connectivity index (χ1n) is 10.6. The molecule has 1 heterocycles. The fraction of sp³-hybridized carbons (Fsp3) is 0.292. The summed E-state index contributed by atoms with van der Waals surface area (Å²) in [6.45, 7) is 7.17. The number of benzene rings is 2. The van der Waals surface area contributed by atoms with Crippen LogP contribution >= 0.6 is 0 Å². The molecule has 0 saturated carbocycles. The summed E-state index contributed by atoms with van der Waals surface area (Å²) in [6, 6.07) is 19.7. The molecular weight excluding hydrogens is 402 g/mol. The Morgan fingerprint density at radius 2 is 2.00 bits per heavy atom. The first-order valence-corrected chi connectivity index (χ1v) is 10.6. The van der Waals surface area contributed by atoms with Gasteiger partial charge in [0, 0.05) is 29.5 Å². The van der Waals surface area contributed by atoms with Crippen molar-refractivity contribution in [3.05, 3.63) is 60.2 Å². The van der Waals surface area contributed by atoms with Gasteiger partial charge in [-0.3, -0.25) is 9.89 Å². The number of rotatable bonds is 9. The van der Waals surface area contributed by atoms with E-state index in [0.717, 1.165) is 24.2 Å². The summed E-state index contributed by atoms with van der Waals surface area (Å²) in [5.74, 6) is -0.136. The summed E-state index contributed by atoms with van der Waals surface area (Å²) in [7, 11) is 0. The molecule has 164 valence electrons. The molecule has 0 fully saturated rings. The molecule has 8 nitrogen and oxygen atoms in total. The highest BCUT2D eigenvalue weighted by Crippen LogP contribution is 2.27. The van der Waals surface area contributed by atoms with Crippen molar-refractivity contribution in [2.45, 2.75) is 33.2 Å². The Hall–Kier alpha value is -3.99. The van der Waals surface area contributed by atoms with E-state index in [0.29, 0.717) is 17.4 Å². The minimum absolute atomic E-state index is 0.160. The minimum atomic E-state index is -0.296. The second kappa shape index (κ2) is 10.9. The van der Waals surface area contributed by atoms with Crippen LogP contribution in [0.25, 0.3) is 11.3 Å². The van der Waals surface area contributed by atoms with Crippen molar-refractivity contribution in [3.63, 3.8) is 0 Å². The molecular formula is C24H27N7O. The van der Waals surface area contributed by atoms with Gasteiger partial charge in [-0.15, -0.1) is 5.11 Å². The molecule has 1 amide bonds. The summed E-state index contributed by atoms with van der Waals surface area (Å²) in [5, 5.41) is 27.2. The van der Waals surface area contributed by atoms with Crippen LogP contribution in [0.2, 0.25) is 0 Å². The van der Waals surface area contributed by atoms with E-state index in [1.165, 1.54) is 0 Å². The number of hydrogen-bond acceptors (Lipinski definition) is 6. The number of nitrogens with one attached hydrogen (secondary N) is 2. The normalized spacial score (nSPS) is 11.8. The minimum Gasteiger partial charge on any atom is -0.369 e. The Balaban J connectivity index is 1.65. The fourth-order valence-corrected chi connectivity index (χ4v) is 3.42. The highest BCUT2D eigenvalue weighted by Gasteiger charge is 2.15. The molecule has 0 aliphatic heterocycles. The van der Waals surface area contributed by atoms with Gasteiger partial charge in [0.1, 0.15) is 18.2 Å². The summed E-state index contributed by atoms with van der Waals surface area (Å²) in [4.78, 5) is 14.6. The third-order valence-corrected chi connectivity index (χ3v) is 5.23. The van der Waals surface area contributed by atoms with E-state index in [4.69, 9.17) is 0 Å². The highest BCUT2D eigenvalue weighted by molar-refractivity contribution is 5.92. The van der Waals surface area contributed by atoms with Crippen LogP contribution in [0.5, 0.6) is 0 Å². The van der Waals surface area contributed by atoms with Crippen LogP contribution in [0.15, 0.2) is 64.8 Å². The van der Waals surface area contributed by atoms with Crippen molar-refractivity contribution in [1.82, 2.24) is 10.2 Å². The van der Waals surface area contributed by atoms with E-state index in [9.17, 15) is 10.1 Å². The SMILES string of the molecule is CCC(C)N(CC)c1cccc(NC(=O)CN=Nc2n[nH]c(-c3ccccc3)c2C#N)c1. The molecule has 1 atom stereocenters. The standard InChI is InChI=1S/C24H27N7O/c1-4-17(3)31(5-2)20-13-9-12-19(14-20)27-22(32)16-26-29-24-21(15-25)23(28-30-24)18-10-7-6-8-11-18/h6-14,17H,4-5,16H2,1-3H3,(H,27,32)(H,28,30). The zero-order valence-electron chi connectivity index (χ0n) is 18.5. The van der Waals surface area contributed by atoms with Gasteiger partial charge < -0.3 is 10.2 Å². The lowest BCUT2D eigenvalue weighted by atomic mass is 10.1. The lowest BCUT2D eigenvalue weighted by Gasteiger charge is -2.29. The van der Waals surface area contributed by atoms with Crippen LogP contribution < -0.4 is 10.2 Å². The number of carbonyl (C=O) groups is 1. The average Bonchev–Trinajstić information content (AvgIpc) is 3.23. The summed E-state index contributed by atoms with van der Waals surface area (Å²) in [6.07, 6.45) is 1.04. The number of carbonyl (C=O) groups excluding carboxylic acids is 1. The molecule has 0 bridgehead atoms. The molecule has 1 unspecified atom stereocenters. The number of amides is 1. The molecule has 0 radical (unpaired) electrons. The van der Waals surface area contributed by atoms with Crippen LogP contribution in [0.1, 0.15) is 32.8 Å². The van der Waals surface area contributed by atoms with Crippen LogP contribution in [0.4, 0.5) is 17.2 Å². The topological polar surface area (TPSA) is 110 Å². The second-order valence-corrected chi connectivity index (χ2v) is 7.32. The quantitative estimate of drug-likeness (QED) is 0.450. The van der Waals surface area contributed by atoms with Crippen molar-refractivity contribution >= 4 is 23.1 Å². The van der Waals surface area contributed by atoms with Gasteiger partial charge in [0.15, 0.2) is 0 Å². The number of nitrogens with zero attached hydrogens (tertiary/aromatic N) is 5. The van der Waals surface area contributed by atoms with Crippen molar-refractivity contribution in [1.29, 1.82) is 5.26 Å². The van der Waals surface area contributed by atoms with Gasteiger partial charge in [0.05, 0.1) is 5.69 Å². The van der Waals surface area contributed by atoms with Gasteiger partial charge in [0.25, 0.3) is 0 Å². The number of azo groups is 1. The van der Waals surface area contributed by atoms with Crippen LogP contribution in [0.3, 0.4) is 0 Å². The van der Waals surface area contributed by atoms with Gasteiger partial charge in [0.2, 0.25) is 11.7 Å². The maximum atomic E-state index is 12.4.